The number of amides is 1. The smallest absolute Gasteiger partial charge is 0.343 e. The Kier molecular flexibility index (Phi) is 8.22. The Labute approximate surface area is 214 Å². The van der Waals surface area contributed by atoms with Crippen LogP contribution in [0.5, 0.6) is 5.75 Å². The highest BCUT2D eigenvalue weighted by atomic mass is 127. The molecule has 1 amide bonds. The van der Waals surface area contributed by atoms with Crippen LogP contribution in [-0.2, 0) is 14.3 Å². The van der Waals surface area contributed by atoms with E-state index in [4.69, 9.17) is 4.74 Å². The van der Waals surface area contributed by atoms with E-state index in [1.54, 1.807) is 6.08 Å². The van der Waals surface area contributed by atoms with Gasteiger partial charge in [-0.3, -0.25) is 4.79 Å². The van der Waals surface area contributed by atoms with Crippen LogP contribution in [0.4, 0.5) is 5.69 Å². The highest BCUT2D eigenvalue weighted by Gasteiger charge is 2.24. The standard InChI is InChI=1S/C21H17Br2IN2O4S/c1-10-4-13(5-11(2)18(10)23)25-21-26-20(28)16(31-21)8-12-6-14(22)19(15(24)7-12)30-9-17(27)29-3/h4-8H,9H2,1-3H3,(H,25,26,28)/b16-8-. The number of hydrogen-bond acceptors (Lipinski definition) is 6. The van der Waals surface area contributed by atoms with Crippen LogP contribution in [0.15, 0.2) is 43.1 Å². The van der Waals surface area contributed by atoms with Crippen molar-refractivity contribution < 1.29 is 19.1 Å². The summed E-state index contributed by atoms with van der Waals surface area (Å²) < 4.78 is 12.6. The fourth-order valence-corrected chi connectivity index (χ4v) is 5.57. The second-order valence-electron chi connectivity index (χ2n) is 6.55. The molecule has 6 nitrogen and oxygen atoms in total. The lowest BCUT2D eigenvalue weighted by Crippen LogP contribution is -2.19. The maximum Gasteiger partial charge on any atom is 0.343 e. The summed E-state index contributed by atoms with van der Waals surface area (Å²) in [5, 5.41) is 3.34. The molecule has 1 aliphatic heterocycles. The molecule has 1 saturated heterocycles. The van der Waals surface area contributed by atoms with Gasteiger partial charge in [-0.05, 0) is 111 Å². The summed E-state index contributed by atoms with van der Waals surface area (Å²) in [5.41, 5.74) is 3.76. The molecular weight excluding hydrogens is 663 g/mol. The molecule has 1 heterocycles. The lowest BCUT2D eigenvalue weighted by molar-refractivity contribution is -0.142. The number of methoxy groups -OCH3 is 1. The summed E-state index contributed by atoms with van der Waals surface area (Å²) >= 11 is 10.4. The molecule has 0 unspecified atom stereocenters. The molecule has 0 radical (unpaired) electrons. The summed E-state index contributed by atoms with van der Waals surface area (Å²) in [6.07, 6.45) is 1.79. The van der Waals surface area contributed by atoms with Crippen molar-refractivity contribution >= 4 is 95.0 Å². The number of esters is 1. The molecule has 1 fully saturated rings. The van der Waals surface area contributed by atoms with Crippen LogP contribution in [-0.4, -0.2) is 30.8 Å². The monoisotopic (exact) mass is 678 g/mol. The van der Waals surface area contributed by atoms with Gasteiger partial charge >= 0.3 is 5.97 Å². The largest absolute Gasteiger partial charge is 0.480 e. The summed E-state index contributed by atoms with van der Waals surface area (Å²) in [6.45, 7) is 3.83. The first-order valence-corrected chi connectivity index (χ1v) is 12.4. The molecule has 1 N–H and O–H groups in total. The van der Waals surface area contributed by atoms with Crippen LogP contribution in [0.2, 0.25) is 0 Å². The molecule has 0 spiro atoms. The SMILES string of the molecule is COC(=O)COc1c(Br)cc(/C=C2\SC(=Nc3cc(C)c(Br)c(C)c3)NC2=O)cc1I. The van der Waals surface area contributed by atoms with E-state index < -0.39 is 5.97 Å². The number of aliphatic imine (C=N–C) groups is 1. The zero-order valence-corrected chi connectivity index (χ0v) is 22.9. The predicted molar refractivity (Wildman–Crippen MR) is 139 cm³/mol. The molecule has 0 aliphatic carbocycles. The molecule has 1 aliphatic rings. The van der Waals surface area contributed by atoms with Crippen molar-refractivity contribution in [3.05, 3.63) is 58.4 Å². The fourth-order valence-electron chi connectivity index (χ4n) is 2.73. The topological polar surface area (TPSA) is 77.0 Å². The van der Waals surface area contributed by atoms with Gasteiger partial charge in [0.2, 0.25) is 0 Å². The minimum atomic E-state index is -0.462. The summed E-state index contributed by atoms with van der Waals surface area (Å²) in [5.74, 6) is -0.123. The van der Waals surface area contributed by atoms with Crippen LogP contribution in [0, 0.1) is 17.4 Å². The number of carbonyl (C=O) groups is 2. The van der Waals surface area contributed by atoms with E-state index >= 15 is 0 Å². The molecule has 162 valence electrons. The number of nitrogens with one attached hydrogen (secondary N) is 1. The van der Waals surface area contributed by atoms with E-state index in [0.29, 0.717) is 20.3 Å². The average Bonchev–Trinajstić information content (AvgIpc) is 3.03. The molecule has 0 saturated carbocycles. The van der Waals surface area contributed by atoms with Crippen LogP contribution in [0.25, 0.3) is 6.08 Å². The van der Waals surface area contributed by atoms with E-state index in [1.165, 1.54) is 18.9 Å². The van der Waals surface area contributed by atoms with E-state index in [2.05, 4.69) is 69.5 Å². The second kappa shape index (κ2) is 10.5. The zero-order valence-electron chi connectivity index (χ0n) is 16.7. The van der Waals surface area contributed by atoms with Crippen molar-refractivity contribution in [3.63, 3.8) is 0 Å². The summed E-state index contributed by atoms with van der Waals surface area (Å²) in [6, 6.07) is 7.62. The Hall–Kier alpha value is -1.37. The number of carbonyl (C=O) groups excluding carboxylic acids is 2. The Balaban J connectivity index is 1.81. The van der Waals surface area contributed by atoms with E-state index in [-0.39, 0.29) is 12.5 Å². The number of thioether (sulfide) groups is 1. The van der Waals surface area contributed by atoms with Crippen molar-refractivity contribution in [3.8, 4) is 5.75 Å². The normalized spacial score (nSPS) is 16.0. The maximum absolute atomic E-state index is 12.4. The van der Waals surface area contributed by atoms with Gasteiger partial charge in [0.25, 0.3) is 5.91 Å². The first-order chi connectivity index (χ1) is 14.7. The summed E-state index contributed by atoms with van der Waals surface area (Å²) in [4.78, 5) is 28.9. The van der Waals surface area contributed by atoms with Gasteiger partial charge in [0.15, 0.2) is 11.8 Å². The van der Waals surface area contributed by atoms with Crippen molar-refractivity contribution in [2.45, 2.75) is 13.8 Å². The van der Waals surface area contributed by atoms with E-state index in [1.807, 2.05) is 38.1 Å². The Morgan fingerprint density at radius 1 is 1.23 bits per heavy atom. The molecule has 31 heavy (non-hydrogen) atoms. The first-order valence-electron chi connectivity index (χ1n) is 8.93. The van der Waals surface area contributed by atoms with Gasteiger partial charge in [-0.1, -0.05) is 15.9 Å². The third kappa shape index (κ3) is 6.11. The molecule has 3 rings (SSSR count). The number of nitrogens with zero attached hydrogens (tertiary/aromatic N) is 1. The number of aryl methyl sites for hydroxylation is 2. The first kappa shape index (κ1) is 24.3. The van der Waals surface area contributed by atoms with Gasteiger partial charge in [0.1, 0.15) is 5.75 Å². The molecule has 2 aromatic rings. The molecular formula is C21H17Br2IN2O4S. The van der Waals surface area contributed by atoms with Gasteiger partial charge in [0, 0.05) is 4.47 Å². The van der Waals surface area contributed by atoms with Crippen LogP contribution < -0.4 is 10.1 Å². The minimum Gasteiger partial charge on any atom is -0.480 e. The van der Waals surface area contributed by atoms with Crippen LogP contribution >= 0.6 is 66.2 Å². The lowest BCUT2D eigenvalue weighted by Gasteiger charge is -2.10. The number of hydrogen-bond donors (Lipinski definition) is 1. The molecule has 2 aromatic carbocycles. The zero-order chi connectivity index (χ0) is 22.7. The number of ether oxygens (including phenoxy) is 2. The Bertz CT molecular complexity index is 1090. The average molecular weight is 680 g/mol. The molecule has 0 bridgehead atoms. The van der Waals surface area contributed by atoms with Gasteiger partial charge in [-0.2, -0.15) is 0 Å². The van der Waals surface area contributed by atoms with Crippen LogP contribution in [0.1, 0.15) is 16.7 Å². The number of rotatable bonds is 5. The quantitative estimate of drug-likeness (QED) is 0.243. The predicted octanol–water partition coefficient (Wildman–Crippen LogP) is 5.88. The van der Waals surface area contributed by atoms with Crippen molar-refractivity contribution in [1.29, 1.82) is 0 Å². The fraction of sp³-hybridized carbons (Fsp3) is 0.190. The third-order valence-electron chi connectivity index (χ3n) is 4.18. The van der Waals surface area contributed by atoms with Gasteiger partial charge in [-0.15, -0.1) is 0 Å². The Morgan fingerprint density at radius 2 is 1.90 bits per heavy atom. The third-order valence-corrected chi connectivity index (χ3v) is 7.73. The van der Waals surface area contributed by atoms with Crippen molar-refractivity contribution in [2.24, 2.45) is 4.99 Å². The molecule has 0 aromatic heterocycles. The van der Waals surface area contributed by atoms with Crippen LogP contribution in [0.3, 0.4) is 0 Å². The number of benzene rings is 2. The number of amidine groups is 1. The highest BCUT2D eigenvalue weighted by Crippen LogP contribution is 2.35. The molecule has 0 atom stereocenters. The van der Waals surface area contributed by atoms with Gasteiger partial charge in [-0.25, -0.2) is 9.79 Å². The summed E-state index contributed by atoms with van der Waals surface area (Å²) in [7, 11) is 1.31. The number of halogens is 3. The van der Waals surface area contributed by atoms with Gasteiger partial charge in [0.05, 0.1) is 25.7 Å². The lowest BCUT2D eigenvalue weighted by atomic mass is 10.1. The van der Waals surface area contributed by atoms with Crippen molar-refractivity contribution in [1.82, 2.24) is 5.32 Å². The molecule has 10 heteroatoms. The van der Waals surface area contributed by atoms with E-state index in [9.17, 15) is 9.59 Å². The highest BCUT2D eigenvalue weighted by molar-refractivity contribution is 14.1. The van der Waals surface area contributed by atoms with Gasteiger partial charge < -0.3 is 14.8 Å². The second-order valence-corrected chi connectivity index (χ2v) is 10.4. The minimum absolute atomic E-state index is 0.182. The van der Waals surface area contributed by atoms with Crippen molar-refractivity contribution in [2.75, 3.05) is 13.7 Å². The maximum atomic E-state index is 12.4. The van der Waals surface area contributed by atoms with E-state index in [0.717, 1.165) is 30.4 Å². The Morgan fingerprint density at radius 3 is 2.52 bits per heavy atom.